The van der Waals surface area contributed by atoms with Gasteiger partial charge in [-0.1, -0.05) is 12.0 Å². The van der Waals surface area contributed by atoms with Gasteiger partial charge in [0.1, 0.15) is 11.5 Å². The van der Waals surface area contributed by atoms with Crippen LogP contribution in [0.3, 0.4) is 0 Å². The first-order valence-electron chi connectivity index (χ1n) is 7.26. The van der Waals surface area contributed by atoms with Crippen molar-refractivity contribution in [2.45, 2.75) is 38.2 Å². The Balaban J connectivity index is 1.88. The van der Waals surface area contributed by atoms with Gasteiger partial charge >= 0.3 is 0 Å². The van der Waals surface area contributed by atoms with Crippen LogP contribution in [0, 0.1) is 11.8 Å². The van der Waals surface area contributed by atoms with Gasteiger partial charge in [-0.2, -0.15) is 0 Å². The van der Waals surface area contributed by atoms with Crippen LogP contribution < -0.4 is 5.32 Å². The molecule has 5 nitrogen and oxygen atoms in total. The summed E-state index contributed by atoms with van der Waals surface area (Å²) in [7, 11) is 0. The number of nitrogens with one attached hydrogen (secondary N) is 1. The van der Waals surface area contributed by atoms with Gasteiger partial charge in [-0.15, -0.1) is 0 Å². The molecule has 1 amide bonds. The highest BCUT2D eigenvalue weighted by Crippen LogP contribution is 2.16. The third-order valence-electron chi connectivity index (χ3n) is 3.16. The largest absolute Gasteiger partial charge is 0.395 e. The molecule has 5 heteroatoms. The number of carbonyl (C=O) groups is 1. The van der Waals surface area contributed by atoms with E-state index in [1.54, 1.807) is 18.2 Å². The highest BCUT2D eigenvalue weighted by atomic mass is 16.5. The Hall–Kier alpha value is -1.90. The van der Waals surface area contributed by atoms with E-state index >= 15 is 0 Å². The summed E-state index contributed by atoms with van der Waals surface area (Å²) in [4.78, 5) is 16.2. The van der Waals surface area contributed by atoms with Crippen LogP contribution in [0.15, 0.2) is 18.2 Å². The molecule has 1 aliphatic heterocycles. The second-order valence-electron chi connectivity index (χ2n) is 4.92. The summed E-state index contributed by atoms with van der Waals surface area (Å²) in [5, 5.41) is 11.5. The summed E-state index contributed by atoms with van der Waals surface area (Å²) in [6.45, 7) is 0.775. The van der Waals surface area contributed by atoms with E-state index in [9.17, 15) is 4.79 Å². The fraction of sp³-hybridized carbons (Fsp3) is 0.500. The molecule has 1 aromatic heterocycles. The van der Waals surface area contributed by atoms with Crippen molar-refractivity contribution in [3.8, 4) is 11.8 Å². The number of pyridine rings is 1. The van der Waals surface area contributed by atoms with Crippen LogP contribution in [0.25, 0.3) is 0 Å². The van der Waals surface area contributed by atoms with E-state index in [-0.39, 0.29) is 18.6 Å². The summed E-state index contributed by atoms with van der Waals surface area (Å²) >= 11 is 0. The van der Waals surface area contributed by atoms with Gasteiger partial charge in [-0.05, 0) is 37.3 Å². The van der Waals surface area contributed by atoms with E-state index in [1.165, 1.54) is 0 Å². The Morgan fingerprint density at radius 2 is 2.38 bits per heavy atom. The Bertz CT molecular complexity index is 528. The molecule has 0 aliphatic carbocycles. The molecule has 0 bridgehead atoms. The molecule has 1 atom stereocenters. The van der Waals surface area contributed by atoms with Crippen LogP contribution in [0.1, 0.15) is 37.8 Å². The van der Waals surface area contributed by atoms with E-state index in [0.717, 1.165) is 25.9 Å². The zero-order chi connectivity index (χ0) is 14.9. The van der Waals surface area contributed by atoms with Gasteiger partial charge in [0.25, 0.3) is 0 Å². The van der Waals surface area contributed by atoms with Gasteiger partial charge in [-0.3, -0.25) is 4.79 Å². The molecule has 0 aromatic carbocycles. The highest BCUT2D eigenvalue weighted by Gasteiger charge is 2.17. The van der Waals surface area contributed by atoms with Crippen molar-refractivity contribution in [1.29, 1.82) is 0 Å². The number of aliphatic hydroxyl groups excluding tert-OH is 1. The molecule has 1 fully saturated rings. The molecule has 1 unspecified atom stereocenters. The Morgan fingerprint density at radius 1 is 1.48 bits per heavy atom. The maximum absolute atomic E-state index is 12.0. The number of hydrogen-bond donors (Lipinski definition) is 2. The lowest BCUT2D eigenvalue weighted by Crippen LogP contribution is -2.25. The first kappa shape index (κ1) is 15.5. The molecule has 0 saturated carbocycles. The molecule has 2 rings (SSSR count). The first-order valence-corrected chi connectivity index (χ1v) is 7.26. The van der Waals surface area contributed by atoms with E-state index in [2.05, 4.69) is 22.1 Å². The lowest BCUT2D eigenvalue weighted by molar-refractivity contribution is -0.119. The SMILES string of the molecule is O=C(CC1CCCCO1)Nc1cccc(C#CCCO)n1. The fourth-order valence-electron chi connectivity index (χ4n) is 2.15. The van der Waals surface area contributed by atoms with Gasteiger partial charge in [0.2, 0.25) is 5.91 Å². The average molecular weight is 288 g/mol. The minimum absolute atomic E-state index is 0.0197. The van der Waals surface area contributed by atoms with Crippen molar-refractivity contribution in [3.63, 3.8) is 0 Å². The zero-order valence-electron chi connectivity index (χ0n) is 12.0. The summed E-state index contributed by atoms with van der Waals surface area (Å²) < 4.78 is 5.55. The predicted octanol–water partition coefficient (Wildman–Crippen LogP) is 1.71. The summed E-state index contributed by atoms with van der Waals surface area (Å²) in [5.41, 5.74) is 0.579. The molecule has 0 radical (unpaired) electrons. The third kappa shape index (κ3) is 5.54. The van der Waals surface area contributed by atoms with Crippen molar-refractivity contribution < 1.29 is 14.6 Å². The summed E-state index contributed by atoms with van der Waals surface area (Å²) in [5.74, 6) is 6.05. The van der Waals surface area contributed by atoms with Crippen molar-refractivity contribution >= 4 is 11.7 Å². The van der Waals surface area contributed by atoms with Crippen LogP contribution in [0.4, 0.5) is 5.82 Å². The molecular formula is C16H20N2O3. The minimum Gasteiger partial charge on any atom is -0.395 e. The number of rotatable bonds is 4. The minimum atomic E-state index is -0.0881. The topological polar surface area (TPSA) is 71.5 Å². The Kier molecular flexibility index (Phi) is 6.20. The predicted molar refractivity (Wildman–Crippen MR) is 79.7 cm³/mol. The first-order chi connectivity index (χ1) is 10.3. The monoisotopic (exact) mass is 288 g/mol. The standard InChI is InChI=1S/C16H20N2O3/c19-10-3-1-6-13-7-5-9-15(17-13)18-16(20)12-14-8-2-4-11-21-14/h5,7,9,14,19H,2-4,8,10-12H2,(H,17,18,20). The van der Waals surface area contributed by atoms with Gasteiger partial charge < -0.3 is 15.2 Å². The maximum Gasteiger partial charge on any atom is 0.228 e. The number of hydrogen-bond acceptors (Lipinski definition) is 4. The van der Waals surface area contributed by atoms with Gasteiger partial charge in [0.15, 0.2) is 0 Å². The molecule has 112 valence electrons. The molecule has 1 saturated heterocycles. The smallest absolute Gasteiger partial charge is 0.228 e. The quantitative estimate of drug-likeness (QED) is 0.827. The maximum atomic E-state index is 12.0. The van der Waals surface area contributed by atoms with Gasteiger partial charge in [-0.25, -0.2) is 4.98 Å². The Morgan fingerprint density at radius 3 is 3.14 bits per heavy atom. The van der Waals surface area contributed by atoms with Crippen LogP contribution in [0.5, 0.6) is 0 Å². The molecular weight excluding hydrogens is 268 g/mol. The third-order valence-corrected chi connectivity index (χ3v) is 3.16. The average Bonchev–Trinajstić information content (AvgIpc) is 2.49. The molecule has 0 spiro atoms. The van der Waals surface area contributed by atoms with Crippen molar-refractivity contribution in [2.75, 3.05) is 18.5 Å². The lowest BCUT2D eigenvalue weighted by atomic mass is 10.1. The fourth-order valence-corrected chi connectivity index (χ4v) is 2.15. The number of aromatic nitrogens is 1. The molecule has 2 heterocycles. The Labute approximate surface area is 124 Å². The lowest BCUT2D eigenvalue weighted by Gasteiger charge is -2.21. The number of ether oxygens (including phenoxy) is 1. The van der Waals surface area contributed by atoms with Gasteiger partial charge in [0.05, 0.1) is 19.1 Å². The van der Waals surface area contributed by atoms with Crippen molar-refractivity contribution in [3.05, 3.63) is 23.9 Å². The van der Waals surface area contributed by atoms with E-state index in [1.807, 2.05) is 0 Å². The van der Waals surface area contributed by atoms with E-state index in [0.29, 0.717) is 24.4 Å². The molecule has 2 N–H and O–H groups in total. The second-order valence-corrected chi connectivity index (χ2v) is 4.92. The molecule has 1 aliphatic rings. The molecule has 21 heavy (non-hydrogen) atoms. The highest BCUT2D eigenvalue weighted by molar-refractivity contribution is 5.90. The van der Waals surface area contributed by atoms with Crippen molar-refractivity contribution in [2.24, 2.45) is 0 Å². The summed E-state index contributed by atoms with van der Waals surface area (Å²) in [6.07, 6.45) is 3.93. The normalized spacial score (nSPS) is 17.7. The van der Waals surface area contributed by atoms with E-state index in [4.69, 9.17) is 9.84 Å². The summed E-state index contributed by atoms with van der Waals surface area (Å²) in [6, 6.07) is 5.30. The van der Waals surface area contributed by atoms with E-state index < -0.39 is 0 Å². The second kappa shape index (κ2) is 8.40. The number of amides is 1. The number of anilines is 1. The number of aliphatic hydroxyl groups is 1. The zero-order valence-corrected chi connectivity index (χ0v) is 12.0. The van der Waals surface area contributed by atoms with Crippen LogP contribution in [-0.2, 0) is 9.53 Å². The van der Waals surface area contributed by atoms with Crippen LogP contribution in [0.2, 0.25) is 0 Å². The number of carbonyl (C=O) groups excluding carboxylic acids is 1. The van der Waals surface area contributed by atoms with Crippen LogP contribution >= 0.6 is 0 Å². The number of nitrogens with zero attached hydrogens (tertiary/aromatic N) is 1. The van der Waals surface area contributed by atoms with Crippen LogP contribution in [-0.4, -0.2) is 35.3 Å². The van der Waals surface area contributed by atoms with Crippen molar-refractivity contribution in [1.82, 2.24) is 4.98 Å². The molecule has 1 aromatic rings. The van der Waals surface area contributed by atoms with Gasteiger partial charge in [0, 0.05) is 13.0 Å².